The van der Waals surface area contributed by atoms with Crippen molar-refractivity contribution >= 4 is 24.0 Å². The Morgan fingerprint density at radius 1 is 1.03 bits per heavy atom. The lowest BCUT2D eigenvalue weighted by Crippen LogP contribution is -2.67. The smallest absolute Gasteiger partial charge is 0.328 e. The summed E-state index contributed by atoms with van der Waals surface area (Å²) in [6, 6.07) is 5.75. The van der Waals surface area contributed by atoms with Gasteiger partial charge in [-0.05, 0) is 23.8 Å². The molecule has 2 atom stereocenters. The normalized spacial score (nSPS) is 19.9. The maximum absolute atomic E-state index is 12.7. The van der Waals surface area contributed by atoms with E-state index in [-0.39, 0.29) is 12.6 Å². The molecule has 37 heavy (non-hydrogen) atoms. The van der Waals surface area contributed by atoms with Gasteiger partial charge in [0.15, 0.2) is 0 Å². The van der Waals surface area contributed by atoms with Gasteiger partial charge in [-0.25, -0.2) is 24.3 Å². The average Bonchev–Trinajstić information content (AvgIpc) is 3.49. The number of alkyl halides is 1. The third-order valence-corrected chi connectivity index (χ3v) is 6.56. The van der Waals surface area contributed by atoms with Crippen molar-refractivity contribution in [2.75, 3.05) is 51.5 Å². The van der Waals surface area contributed by atoms with Gasteiger partial charge in [0, 0.05) is 48.9 Å². The molecule has 1 saturated heterocycles. The van der Waals surface area contributed by atoms with Crippen LogP contribution in [0, 0.1) is 0 Å². The fourth-order valence-corrected chi connectivity index (χ4v) is 4.34. The molecule has 1 aliphatic rings. The maximum Gasteiger partial charge on any atom is 0.328 e. The number of halogens is 1. The number of ether oxygens (including phenoxy) is 1. The summed E-state index contributed by atoms with van der Waals surface area (Å²) in [5, 5.41) is 0. The predicted molar refractivity (Wildman–Crippen MR) is 140 cm³/mol. The molecule has 1 fully saturated rings. The number of nitrogens with zero attached hydrogens (tertiary/aromatic N) is 9. The first-order chi connectivity index (χ1) is 18.2. The largest absolute Gasteiger partial charge is 0.372 e. The van der Waals surface area contributed by atoms with E-state index in [9.17, 15) is 4.39 Å². The van der Waals surface area contributed by atoms with Crippen LogP contribution in [0.25, 0.3) is 18.0 Å². The van der Waals surface area contributed by atoms with E-state index in [4.69, 9.17) is 4.74 Å². The molecule has 10 nitrogen and oxygen atoms in total. The molecule has 11 heteroatoms. The van der Waals surface area contributed by atoms with E-state index in [2.05, 4.69) is 41.9 Å². The van der Waals surface area contributed by atoms with E-state index < -0.39 is 6.67 Å². The number of rotatable bonds is 9. The second kappa shape index (κ2) is 11.3. The van der Waals surface area contributed by atoms with E-state index in [1.807, 2.05) is 53.6 Å². The minimum absolute atomic E-state index is 0.00339. The van der Waals surface area contributed by atoms with Crippen LogP contribution >= 0.6 is 0 Å². The van der Waals surface area contributed by atoms with Gasteiger partial charge in [-0.2, -0.15) is 9.97 Å². The molecule has 190 valence electrons. The van der Waals surface area contributed by atoms with Crippen LogP contribution in [0.15, 0.2) is 67.9 Å². The predicted octanol–water partition coefficient (Wildman–Crippen LogP) is 2.83. The monoisotopic (exact) mass is 502 g/mol. The molecule has 4 aromatic rings. The molecule has 1 aliphatic heterocycles. The Hall–Kier alpha value is -4.09. The summed E-state index contributed by atoms with van der Waals surface area (Å²) in [6.07, 6.45) is 18.2. The van der Waals surface area contributed by atoms with Gasteiger partial charge in [0.2, 0.25) is 5.95 Å². The van der Waals surface area contributed by atoms with Crippen molar-refractivity contribution in [3.63, 3.8) is 0 Å². The second-order valence-electron chi connectivity index (χ2n) is 8.97. The topological polar surface area (TPSA) is 94.7 Å². The van der Waals surface area contributed by atoms with Crippen molar-refractivity contribution in [3.8, 4) is 5.82 Å². The fraction of sp³-hybridized carbons (Fsp3) is 0.308. The van der Waals surface area contributed by atoms with Gasteiger partial charge in [-0.1, -0.05) is 12.2 Å². The minimum atomic E-state index is -0.509. The van der Waals surface area contributed by atoms with E-state index in [0.29, 0.717) is 23.6 Å². The van der Waals surface area contributed by atoms with Crippen LogP contribution in [0.3, 0.4) is 0 Å². The highest BCUT2D eigenvalue weighted by atomic mass is 19.1. The lowest BCUT2D eigenvalue weighted by atomic mass is 10.1. The average molecular weight is 503 g/mol. The molecule has 0 radical (unpaired) electrons. The zero-order valence-corrected chi connectivity index (χ0v) is 20.6. The second-order valence-corrected chi connectivity index (χ2v) is 8.97. The number of likely N-dealkylation sites (N-methyl/N-ethyl adjacent to an activating group) is 1. The van der Waals surface area contributed by atoms with Crippen LogP contribution in [0.2, 0.25) is 0 Å². The van der Waals surface area contributed by atoms with Crippen molar-refractivity contribution in [1.82, 2.24) is 39.0 Å². The standard InChI is InChI=1S/C26H29FN9O/c1-36(26-29-8-2-9-30-26)13-12-34(18-23(36)19-37-14-7-27)25-32-16-22(17-33-25)4-3-21-5-6-24(31-15-21)35-11-10-28-20-35/h2-6,8-11,15-17,20,23H,7,12-14,18-19H2,1H3/q+1/b4-3+. The van der Waals surface area contributed by atoms with Gasteiger partial charge in [-0.15, -0.1) is 0 Å². The molecule has 0 bridgehead atoms. The van der Waals surface area contributed by atoms with Crippen LogP contribution in [-0.4, -0.2) is 87.1 Å². The molecular weight excluding hydrogens is 473 g/mol. The summed E-state index contributed by atoms with van der Waals surface area (Å²) in [4.78, 5) is 28.9. The van der Waals surface area contributed by atoms with E-state index in [1.165, 1.54) is 0 Å². The lowest BCUT2D eigenvalue weighted by Gasteiger charge is -2.45. The molecule has 0 aliphatic carbocycles. The lowest BCUT2D eigenvalue weighted by molar-refractivity contribution is 0.0570. The van der Waals surface area contributed by atoms with Crippen LogP contribution in [0.5, 0.6) is 0 Å². The van der Waals surface area contributed by atoms with Crippen molar-refractivity contribution < 1.29 is 9.13 Å². The van der Waals surface area contributed by atoms with Gasteiger partial charge in [0.1, 0.15) is 38.0 Å². The number of piperazine rings is 1. The number of hydrogen-bond donors (Lipinski definition) is 0. The quantitative estimate of drug-likeness (QED) is 0.255. The van der Waals surface area contributed by atoms with Gasteiger partial charge < -0.3 is 9.64 Å². The number of quaternary nitrogens is 1. The zero-order chi connectivity index (χ0) is 25.5. The third-order valence-electron chi connectivity index (χ3n) is 6.56. The Kier molecular flexibility index (Phi) is 7.52. The summed E-state index contributed by atoms with van der Waals surface area (Å²) < 4.78 is 20.7. The van der Waals surface area contributed by atoms with Crippen LogP contribution in [0.1, 0.15) is 11.1 Å². The molecule has 2 unspecified atom stereocenters. The first-order valence-electron chi connectivity index (χ1n) is 12.1. The number of aromatic nitrogens is 7. The highest BCUT2D eigenvalue weighted by Crippen LogP contribution is 2.26. The van der Waals surface area contributed by atoms with Crippen LogP contribution in [-0.2, 0) is 4.74 Å². The summed E-state index contributed by atoms with van der Waals surface area (Å²) in [5.41, 5.74) is 1.86. The van der Waals surface area contributed by atoms with Crippen molar-refractivity contribution in [3.05, 3.63) is 79.0 Å². The Bertz CT molecular complexity index is 1280. The van der Waals surface area contributed by atoms with Crippen molar-refractivity contribution in [1.29, 1.82) is 0 Å². The molecule has 5 rings (SSSR count). The Morgan fingerprint density at radius 3 is 2.51 bits per heavy atom. The SMILES string of the molecule is C[N+]1(c2ncccn2)CCN(c2ncc(/C=C/c3ccc(-n4ccnc4)nc3)cn2)CC1COCCF. The minimum Gasteiger partial charge on any atom is -0.372 e. The van der Waals surface area contributed by atoms with E-state index >= 15 is 0 Å². The first kappa shape index (κ1) is 24.6. The molecule has 4 aromatic heterocycles. The summed E-state index contributed by atoms with van der Waals surface area (Å²) in [7, 11) is 2.10. The number of pyridine rings is 1. The van der Waals surface area contributed by atoms with E-state index in [1.54, 1.807) is 31.0 Å². The molecular formula is C26H29FN9O+. The Balaban J connectivity index is 1.25. The number of anilines is 1. The highest BCUT2D eigenvalue weighted by Gasteiger charge is 2.43. The molecule has 0 spiro atoms. The highest BCUT2D eigenvalue weighted by molar-refractivity contribution is 5.68. The van der Waals surface area contributed by atoms with Gasteiger partial charge in [-0.3, -0.25) is 9.05 Å². The number of hydrogen-bond acceptors (Lipinski definition) is 8. The molecule has 0 N–H and O–H groups in total. The first-order valence-corrected chi connectivity index (χ1v) is 12.1. The Labute approximate surface area is 214 Å². The van der Waals surface area contributed by atoms with Gasteiger partial charge in [0.05, 0.1) is 26.7 Å². The Morgan fingerprint density at radius 2 is 1.81 bits per heavy atom. The van der Waals surface area contributed by atoms with Gasteiger partial charge >= 0.3 is 5.95 Å². The third kappa shape index (κ3) is 5.68. The fourth-order valence-electron chi connectivity index (χ4n) is 4.34. The summed E-state index contributed by atoms with van der Waals surface area (Å²) in [5.74, 6) is 2.19. The summed E-state index contributed by atoms with van der Waals surface area (Å²) in [6.45, 7) is 2.09. The zero-order valence-electron chi connectivity index (χ0n) is 20.6. The van der Waals surface area contributed by atoms with Crippen LogP contribution in [0.4, 0.5) is 16.3 Å². The molecule has 5 heterocycles. The number of imidazole rings is 1. The van der Waals surface area contributed by atoms with Crippen molar-refractivity contribution in [2.24, 2.45) is 0 Å². The maximum atomic E-state index is 12.7. The van der Waals surface area contributed by atoms with Crippen molar-refractivity contribution in [2.45, 2.75) is 6.04 Å². The van der Waals surface area contributed by atoms with Gasteiger partial charge in [0.25, 0.3) is 0 Å². The molecule has 0 amide bonds. The summed E-state index contributed by atoms with van der Waals surface area (Å²) >= 11 is 0. The molecule has 0 aromatic carbocycles. The molecule has 0 saturated carbocycles. The van der Waals surface area contributed by atoms with E-state index in [0.717, 1.165) is 36.0 Å². The van der Waals surface area contributed by atoms with Crippen LogP contribution < -0.4 is 9.38 Å².